The molecule has 2 heteroatoms. The summed E-state index contributed by atoms with van der Waals surface area (Å²) in [6.07, 6.45) is 9.05. The van der Waals surface area contributed by atoms with Crippen molar-refractivity contribution in [2.45, 2.75) is 18.9 Å². The highest BCUT2D eigenvalue weighted by molar-refractivity contribution is 5.11. The van der Waals surface area contributed by atoms with E-state index in [2.05, 4.69) is 10.9 Å². The number of nitrogens with zero attached hydrogens (tertiary/aromatic N) is 1. The fourth-order valence-corrected chi connectivity index (χ4v) is 0.999. The van der Waals surface area contributed by atoms with Crippen LogP contribution in [0, 0.1) is 12.3 Å². The quantitative estimate of drug-likeness (QED) is 0.671. The van der Waals surface area contributed by atoms with Gasteiger partial charge in [0.05, 0.1) is 6.10 Å². The van der Waals surface area contributed by atoms with Crippen LogP contribution in [-0.4, -0.2) is 16.2 Å². The summed E-state index contributed by atoms with van der Waals surface area (Å²) in [4.78, 5) is 3.88. The van der Waals surface area contributed by atoms with Gasteiger partial charge in [-0.25, -0.2) is 0 Å². The molecule has 1 atom stereocenters. The molecule has 1 rings (SSSR count). The molecule has 0 fully saturated rings. The van der Waals surface area contributed by atoms with Crippen molar-refractivity contribution in [2.75, 3.05) is 0 Å². The Morgan fingerprint density at radius 2 is 2.17 bits per heavy atom. The van der Waals surface area contributed by atoms with Gasteiger partial charge < -0.3 is 5.11 Å². The van der Waals surface area contributed by atoms with Crippen LogP contribution in [0.15, 0.2) is 24.5 Å². The van der Waals surface area contributed by atoms with E-state index in [-0.39, 0.29) is 0 Å². The SMILES string of the molecule is C#CCC(O)Cc1ccncc1. The van der Waals surface area contributed by atoms with E-state index >= 15 is 0 Å². The molecule has 0 bridgehead atoms. The molecule has 1 unspecified atom stereocenters. The average Bonchev–Trinajstić information content (AvgIpc) is 2.06. The van der Waals surface area contributed by atoms with Gasteiger partial charge >= 0.3 is 0 Å². The van der Waals surface area contributed by atoms with Crippen molar-refractivity contribution in [2.24, 2.45) is 0 Å². The molecule has 1 N–H and O–H groups in total. The van der Waals surface area contributed by atoms with Crippen LogP contribution in [0.2, 0.25) is 0 Å². The van der Waals surface area contributed by atoms with Crippen LogP contribution in [0.5, 0.6) is 0 Å². The topological polar surface area (TPSA) is 33.1 Å². The van der Waals surface area contributed by atoms with Crippen molar-refractivity contribution in [1.82, 2.24) is 4.98 Å². The van der Waals surface area contributed by atoms with E-state index in [9.17, 15) is 5.11 Å². The predicted octanol–water partition coefficient (Wildman–Crippen LogP) is 1.01. The molecular formula is C10H11NO. The van der Waals surface area contributed by atoms with Gasteiger partial charge in [-0.1, -0.05) is 0 Å². The second kappa shape index (κ2) is 4.53. The number of terminal acetylenes is 1. The molecule has 2 nitrogen and oxygen atoms in total. The zero-order valence-electron chi connectivity index (χ0n) is 6.77. The van der Waals surface area contributed by atoms with E-state index in [1.54, 1.807) is 12.4 Å². The molecule has 0 aliphatic rings. The Labute approximate surface area is 72.3 Å². The van der Waals surface area contributed by atoms with Gasteiger partial charge in [0.1, 0.15) is 0 Å². The highest BCUT2D eigenvalue weighted by Gasteiger charge is 2.02. The molecule has 12 heavy (non-hydrogen) atoms. The first-order chi connectivity index (χ1) is 5.83. The predicted molar refractivity (Wildman–Crippen MR) is 47.4 cm³/mol. The summed E-state index contributed by atoms with van der Waals surface area (Å²) >= 11 is 0. The second-order valence-corrected chi connectivity index (χ2v) is 2.62. The zero-order valence-corrected chi connectivity index (χ0v) is 6.77. The Bertz CT molecular complexity index is 263. The highest BCUT2D eigenvalue weighted by atomic mass is 16.3. The highest BCUT2D eigenvalue weighted by Crippen LogP contribution is 2.03. The third-order valence-electron chi connectivity index (χ3n) is 1.57. The molecule has 1 aromatic rings. The van der Waals surface area contributed by atoms with Crippen molar-refractivity contribution >= 4 is 0 Å². The molecular weight excluding hydrogens is 150 g/mol. The van der Waals surface area contributed by atoms with E-state index < -0.39 is 6.10 Å². The largest absolute Gasteiger partial charge is 0.392 e. The van der Waals surface area contributed by atoms with Gasteiger partial charge in [0.2, 0.25) is 0 Å². The Balaban J connectivity index is 2.48. The summed E-state index contributed by atoms with van der Waals surface area (Å²) in [6, 6.07) is 3.75. The molecule has 0 aliphatic carbocycles. The summed E-state index contributed by atoms with van der Waals surface area (Å²) in [7, 11) is 0. The number of hydrogen-bond donors (Lipinski definition) is 1. The van der Waals surface area contributed by atoms with Crippen LogP contribution in [0.25, 0.3) is 0 Å². The molecule has 0 saturated carbocycles. The Morgan fingerprint density at radius 3 is 2.75 bits per heavy atom. The first-order valence-electron chi connectivity index (χ1n) is 3.83. The lowest BCUT2D eigenvalue weighted by atomic mass is 10.1. The third-order valence-corrected chi connectivity index (χ3v) is 1.57. The van der Waals surface area contributed by atoms with Crippen LogP contribution >= 0.6 is 0 Å². The Hall–Kier alpha value is -1.33. The summed E-state index contributed by atoms with van der Waals surface area (Å²) in [6.45, 7) is 0. The van der Waals surface area contributed by atoms with Gasteiger partial charge in [-0.15, -0.1) is 12.3 Å². The van der Waals surface area contributed by atoms with Gasteiger partial charge in [-0.3, -0.25) is 4.98 Å². The number of aliphatic hydroxyl groups excluding tert-OH is 1. The molecule has 0 saturated heterocycles. The summed E-state index contributed by atoms with van der Waals surface area (Å²) < 4.78 is 0. The van der Waals surface area contributed by atoms with Crippen molar-refractivity contribution in [3.63, 3.8) is 0 Å². The van der Waals surface area contributed by atoms with Crippen LogP contribution in [-0.2, 0) is 6.42 Å². The maximum atomic E-state index is 9.34. The molecule has 0 aromatic carbocycles. The lowest BCUT2D eigenvalue weighted by Crippen LogP contribution is -2.08. The van der Waals surface area contributed by atoms with Gasteiger partial charge in [0.15, 0.2) is 0 Å². The Kier molecular flexibility index (Phi) is 3.31. The standard InChI is InChI=1S/C10H11NO/c1-2-3-10(12)8-9-4-6-11-7-5-9/h1,4-7,10,12H,3,8H2. The smallest absolute Gasteiger partial charge is 0.0689 e. The Morgan fingerprint density at radius 1 is 1.50 bits per heavy atom. The summed E-state index contributed by atoms with van der Waals surface area (Å²) in [5.41, 5.74) is 1.06. The van der Waals surface area contributed by atoms with Gasteiger partial charge in [0, 0.05) is 18.8 Å². The van der Waals surface area contributed by atoms with E-state index in [4.69, 9.17) is 6.42 Å². The minimum atomic E-state index is -0.433. The fraction of sp³-hybridized carbons (Fsp3) is 0.300. The van der Waals surface area contributed by atoms with E-state index in [1.165, 1.54) is 0 Å². The lowest BCUT2D eigenvalue weighted by Gasteiger charge is -2.05. The van der Waals surface area contributed by atoms with Gasteiger partial charge in [-0.2, -0.15) is 0 Å². The normalized spacial score (nSPS) is 12.0. The van der Waals surface area contributed by atoms with Crippen molar-refractivity contribution in [3.05, 3.63) is 30.1 Å². The number of pyridine rings is 1. The van der Waals surface area contributed by atoms with Gasteiger partial charge in [0.25, 0.3) is 0 Å². The maximum absolute atomic E-state index is 9.34. The van der Waals surface area contributed by atoms with E-state index in [1.807, 2.05) is 12.1 Å². The number of aliphatic hydroxyl groups is 1. The molecule has 1 heterocycles. The first-order valence-corrected chi connectivity index (χ1v) is 3.83. The second-order valence-electron chi connectivity index (χ2n) is 2.62. The van der Waals surface area contributed by atoms with Crippen molar-refractivity contribution < 1.29 is 5.11 Å². The van der Waals surface area contributed by atoms with Crippen LogP contribution in [0.3, 0.4) is 0 Å². The molecule has 0 radical (unpaired) electrons. The molecule has 1 aromatic heterocycles. The van der Waals surface area contributed by atoms with E-state index in [0.717, 1.165) is 5.56 Å². The fourth-order valence-electron chi connectivity index (χ4n) is 0.999. The minimum absolute atomic E-state index is 0.405. The average molecular weight is 161 g/mol. The molecule has 62 valence electrons. The first kappa shape index (κ1) is 8.76. The van der Waals surface area contributed by atoms with Crippen LogP contribution in [0.1, 0.15) is 12.0 Å². The lowest BCUT2D eigenvalue weighted by molar-refractivity contribution is 0.181. The van der Waals surface area contributed by atoms with Crippen molar-refractivity contribution in [1.29, 1.82) is 0 Å². The number of hydrogen-bond acceptors (Lipinski definition) is 2. The minimum Gasteiger partial charge on any atom is -0.392 e. The van der Waals surface area contributed by atoms with Crippen molar-refractivity contribution in [3.8, 4) is 12.3 Å². The van der Waals surface area contributed by atoms with Crippen LogP contribution < -0.4 is 0 Å². The summed E-state index contributed by atoms with van der Waals surface area (Å²) in [5.74, 6) is 2.42. The molecule has 0 aliphatic heterocycles. The van der Waals surface area contributed by atoms with Crippen LogP contribution in [0.4, 0.5) is 0 Å². The number of aromatic nitrogens is 1. The van der Waals surface area contributed by atoms with E-state index in [0.29, 0.717) is 12.8 Å². The summed E-state index contributed by atoms with van der Waals surface area (Å²) in [5, 5.41) is 9.34. The van der Waals surface area contributed by atoms with Gasteiger partial charge in [-0.05, 0) is 24.1 Å². The number of rotatable bonds is 3. The molecule has 0 spiro atoms. The third kappa shape index (κ3) is 2.73. The molecule has 0 amide bonds. The maximum Gasteiger partial charge on any atom is 0.0689 e. The monoisotopic (exact) mass is 161 g/mol. The zero-order chi connectivity index (χ0) is 8.81.